The van der Waals surface area contributed by atoms with E-state index in [-0.39, 0.29) is 0 Å². The van der Waals surface area contributed by atoms with Crippen molar-refractivity contribution in [3.05, 3.63) is 28.8 Å². The molecule has 2 nitrogen and oxygen atoms in total. The summed E-state index contributed by atoms with van der Waals surface area (Å²) in [5.41, 5.74) is 1.68. The Kier molecular flexibility index (Phi) is 3.96. The Morgan fingerprint density at radius 2 is 2.06 bits per heavy atom. The summed E-state index contributed by atoms with van der Waals surface area (Å²) in [5, 5.41) is 0.542. The second-order valence-electron chi connectivity index (χ2n) is 5.53. The summed E-state index contributed by atoms with van der Waals surface area (Å²) in [7, 11) is 0. The lowest BCUT2D eigenvalue weighted by Crippen LogP contribution is -2.45. The Morgan fingerprint density at radius 3 is 2.67 bits per heavy atom. The third kappa shape index (κ3) is 2.54. The SMILES string of the molecule is CC1CC(C)C(C)N(c2ccc(C=O)c(Cl)c2)C1. The molecule has 0 aliphatic carbocycles. The van der Waals surface area contributed by atoms with Crippen LogP contribution in [0.5, 0.6) is 0 Å². The van der Waals surface area contributed by atoms with Gasteiger partial charge in [0, 0.05) is 23.8 Å². The molecule has 0 saturated carbocycles. The van der Waals surface area contributed by atoms with E-state index in [9.17, 15) is 4.79 Å². The highest BCUT2D eigenvalue weighted by atomic mass is 35.5. The van der Waals surface area contributed by atoms with E-state index < -0.39 is 0 Å². The number of carbonyl (C=O) groups is 1. The maximum absolute atomic E-state index is 10.8. The molecule has 1 aromatic rings. The van der Waals surface area contributed by atoms with Crippen molar-refractivity contribution in [3.63, 3.8) is 0 Å². The number of piperidine rings is 1. The monoisotopic (exact) mass is 265 g/mol. The number of hydrogen-bond donors (Lipinski definition) is 0. The number of hydrogen-bond acceptors (Lipinski definition) is 2. The van der Waals surface area contributed by atoms with Gasteiger partial charge in [0.2, 0.25) is 0 Å². The van der Waals surface area contributed by atoms with Crippen molar-refractivity contribution in [1.82, 2.24) is 0 Å². The van der Waals surface area contributed by atoms with E-state index in [1.54, 1.807) is 6.07 Å². The van der Waals surface area contributed by atoms with Gasteiger partial charge in [0.25, 0.3) is 0 Å². The highest BCUT2D eigenvalue weighted by Crippen LogP contribution is 2.32. The minimum absolute atomic E-state index is 0.513. The summed E-state index contributed by atoms with van der Waals surface area (Å²) in [6.45, 7) is 7.91. The van der Waals surface area contributed by atoms with Crippen LogP contribution in [0.3, 0.4) is 0 Å². The maximum Gasteiger partial charge on any atom is 0.151 e. The smallest absolute Gasteiger partial charge is 0.151 e. The molecule has 3 unspecified atom stereocenters. The van der Waals surface area contributed by atoms with Crippen LogP contribution in [0.4, 0.5) is 5.69 Å². The first-order valence-electron chi connectivity index (χ1n) is 6.54. The molecule has 0 bridgehead atoms. The third-order valence-corrected chi connectivity index (χ3v) is 4.37. The van der Waals surface area contributed by atoms with Crippen LogP contribution in [0.15, 0.2) is 18.2 Å². The normalized spacial score (nSPS) is 28.2. The lowest BCUT2D eigenvalue weighted by Gasteiger charge is -2.42. The molecule has 0 N–H and O–H groups in total. The van der Waals surface area contributed by atoms with Gasteiger partial charge >= 0.3 is 0 Å². The molecule has 3 heteroatoms. The highest BCUT2D eigenvalue weighted by Gasteiger charge is 2.28. The number of carbonyl (C=O) groups excluding carboxylic acids is 1. The summed E-state index contributed by atoms with van der Waals surface area (Å²) >= 11 is 6.11. The minimum Gasteiger partial charge on any atom is -0.368 e. The van der Waals surface area contributed by atoms with Crippen molar-refractivity contribution in [2.75, 3.05) is 11.4 Å². The zero-order valence-corrected chi connectivity index (χ0v) is 11.9. The molecule has 1 heterocycles. The predicted octanol–water partition coefficient (Wildman–Crippen LogP) is 4.02. The van der Waals surface area contributed by atoms with Gasteiger partial charge in [-0.2, -0.15) is 0 Å². The number of nitrogens with zero attached hydrogens (tertiary/aromatic N) is 1. The van der Waals surface area contributed by atoms with Gasteiger partial charge in [-0.3, -0.25) is 4.79 Å². The first kappa shape index (κ1) is 13.4. The molecule has 1 aromatic carbocycles. The molecule has 0 aromatic heterocycles. The van der Waals surface area contributed by atoms with Crippen molar-refractivity contribution >= 4 is 23.6 Å². The third-order valence-electron chi connectivity index (χ3n) is 4.04. The van der Waals surface area contributed by atoms with Gasteiger partial charge in [-0.1, -0.05) is 25.4 Å². The number of anilines is 1. The van der Waals surface area contributed by atoms with Crippen LogP contribution in [0.25, 0.3) is 0 Å². The van der Waals surface area contributed by atoms with Crippen molar-refractivity contribution < 1.29 is 4.79 Å². The van der Waals surface area contributed by atoms with Gasteiger partial charge in [0.1, 0.15) is 0 Å². The number of benzene rings is 1. The molecular weight excluding hydrogens is 246 g/mol. The average Bonchev–Trinajstić information content (AvgIpc) is 2.33. The van der Waals surface area contributed by atoms with E-state index in [1.165, 1.54) is 6.42 Å². The van der Waals surface area contributed by atoms with E-state index in [0.29, 0.717) is 28.5 Å². The first-order valence-corrected chi connectivity index (χ1v) is 6.92. The molecule has 1 aliphatic rings. The lowest BCUT2D eigenvalue weighted by molar-refractivity contribution is 0.112. The molecular formula is C15H20ClNO. The van der Waals surface area contributed by atoms with Gasteiger partial charge in [-0.15, -0.1) is 0 Å². The zero-order valence-electron chi connectivity index (χ0n) is 11.2. The second kappa shape index (κ2) is 5.31. The van der Waals surface area contributed by atoms with E-state index in [0.717, 1.165) is 18.5 Å². The van der Waals surface area contributed by atoms with Crippen LogP contribution in [-0.2, 0) is 0 Å². The topological polar surface area (TPSA) is 20.3 Å². The lowest BCUT2D eigenvalue weighted by atomic mass is 9.85. The molecule has 1 fully saturated rings. The predicted molar refractivity (Wildman–Crippen MR) is 76.6 cm³/mol. The van der Waals surface area contributed by atoms with Gasteiger partial charge in [0.15, 0.2) is 6.29 Å². The molecule has 2 rings (SSSR count). The molecule has 3 atom stereocenters. The van der Waals surface area contributed by atoms with Crippen molar-refractivity contribution in [3.8, 4) is 0 Å². The van der Waals surface area contributed by atoms with Crippen molar-refractivity contribution in [2.24, 2.45) is 11.8 Å². The maximum atomic E-state index is 10.8. The fourth-order valence-electron chi connectivity index (χ4n) is 2.85. The molecule has 18 heavy (non-hydrogen) atoms. The fourth-order valence-corrected chi connectivity index (χ4v) is 3.07. The molecule has 0 amide bonds. The number of rotatable bonds is 2. The number of halogens is 1. The largest absolute Gasteiger partial charge is 0.368 e. The summed E-state index contributed by atoms with van der Waals surface area (Å²) in [6, 6.07) is 6.23. The summed E-state index contributed by atoms with van der Waals surface area (Å²) < 4.78 is 0. The van der Waals surface area contributed by atoms with Crippen molar-refractivity contribution in [1.29, 1.82) is 0 Å². The Labute approximate surface area is 114 Å². The summed E-state index contributed by atoms with van der Waals surface area (Å²) in [6.07, 6.45) is 2.08. The quantitative estimate of drug-likeness (QED) is 0.753. The van der Waals surface area contributed by atoms with Crippen molar-refractivity contribution in [2.45, 2.75) is 33.2 Å². The van der Waals surface area contributed by atoms with Gasteiger partial charge in [-0.25, -0.2) is 0 Å². The summed E-state index contributed by atoms with van der Waals surface area (Å²) in [5.74, 6) is 1.37. The van der Waals surface area contributed by atoms with E-state index in [1.807, 2.05) is 12.1 Å². The fraction of sp³-hybridized carbons (Fsp3) is 0.533. The molecule has 98 valence electrons. The Morgan fingerprint density at radius 1 is 1.33 bits per heavy atom. The average molecular weight is 266 g/mol. The minimum atomic E-state index is 0.513. The van der Waals surface area contributed by atoms with E-state index in [4.69, 9.17) is 11.6 Å². The van der Waals surface area contributed by atoms with E-state index in [2.05, 4.69) is 25.7 Å². The van der Waals surface area contributed by atoms with Crippen LogP contribution in [0, 0.1) is 11.8 Å². The molecule has 1 saturated heterocycles. The van der Waals surface area contributed by atoms with Gasteiger partial charge in [-0.05, 0) is 43.4 Å². The second-order valence-corrected chi connectivity index (χ2v) is 5.94. The zero-order chi connectivity index (χ0) is 13.3. The molecule has 0 radical (unpaired) electrons. The highest BCUT2D eigenvalue weighted by molar-refractivity contribution is 6.33. The number of aldehydes is 1. The van der Waals surface area contributed by atoms with Crippen LogP contribution in [-0.4, -0.2) is 18.9 Å². The Bertz CT molecular complexity index is 446. The van der Waals surface area contributed by atoms with Crippen LogP contribution >= 0.6 is 11.6 Å². The standard InChI is InChI=1S/C15H20ClNO/c1-10-6-11(2)12(3)17(8-10)14-5-4-13(9-18)15(16)7-14/h4-5,7,9-12H,6,8H2,1-3H3. The Hall–Kier alpha value is -1.02. The van der Waals surface area contributed by atoms with Crippen LogP contribution in [0.1, 0.15) is 37.6 Å². The molecule has 0 spiro atoms. The van der Waals surface area contributed by atoms with Gasteiger partial charge < -0.3 is 4.90 Å². The first-order chi connectivity index (χ1) is 8.52. The van der Waals surface area contributed by atoms with Crippen LogP contribution in [0.2, 0.25) is 5.02 Å². The Balaban J connectivity index is 2.29. The summed E-state index contributed by atoms with van der Waals surface area (Å²) in [4.78, 5) is 13.2. The molecule has 1 aliphatic heterocycles. The van der Waals surface area contributed by atoms with Gasteiger partial charge in [0.05, 0.1) is 5.02 Å². The van der Waals surface area contributed by atoms with E-state index >= 15 is 0 Å². The van der Waals surface area contributed by atoms with Crippen LogP contribution < -0.4 is 4.90 Å².